The first-order chi connectivity index (χ1) is 8.54. The Balaban J connectivity index is 2.04. The summed E-state index contributed by atoms with van der Waals surface area (Å²) in [5.74, 6) is 0.0469. The van der Waals surface area contributed by atoms with Gasteiger partial charge in [0.25, 0.3) is 0 Å². The van der Waals surface area contributed by atoms with Crippen molar-refractivity contribution in [1.29, 1.82) is 0 Å². The van der Waals surface area contributed by atoms with Crippen LogP contribution in [0.25, 0.3) is 0 Å². The third-order valence-electron chi connectivity index (χ3n) is 4.03. The standard InChI is InChI=1S/C14H21N3O/c1-10(11-6-3-4-9-16-11)17-13(18)14(2)8-5-7-12(14)15/h3-4,6,9-10,12H,5,7-8,15H2,1-2H3,(H,17,18)/t10-,12?,14?/m1/s1. The Kier molecular flexibility index (Phi) is 3.66. The van der Waals surface area contributed by atoms with E-state index in [2.05, 4.69) is 10.3 Å². The van der Waals surface area contributed by atoms with Gasteiger partial charge in [0.05, 0.1) is 17.2 Å². The Morgan fingerprint density at radius 1 is 1.61 bits per heavy atom. The van der Waals surface area contributed by atoms with Crippen LogP contribution in [0.3, 0.4) is 0 Å². The molecule has 3 N–H and O–H groups in total. The minimum Gasteiger partial charge on any atom is -0.347 e. The molecule has 4 nitrogen and oxygen atoms in total. The van der Waals surface area contributed by atoms with Crippen LogP contribution in [-0.4, -0.2) is 16.9 Å². The van der Waals surface area contributed by atoms with E-state index in [4.69, 9.17) is 5.73 Å². The third-order valence-corrected chi connectivity index (χ3v) is 4.03. The molecule has 1 aromatic heterocycles. The van der Waals surface area contributed by atoms with E-state index in [1.807, 2.05) is 32.0 Å². The van der Waals surface area contributed by atoms with E-state index in [1.54, 1.807) is 6.20 Å². The highest BCUT2D eigenvalue weighted by Gasteiger charge is 2.43. The van der Waals surface area contributed by atoms with E-state index in [1.165, 1.54) is 0 Å². The number of pyridine rings is 1. The highest BCUT2D eigenvalue weighted by Crippen LogP contribution is 2.37. The largest absolute Gasteiger partial charge is 0.347 e. The second-order valence-corrected chi connectivity index (χ2v) is 5.37. The zero-order valence-corrected chi connectivity index (χ0v) is 11.0. The minimum atomic E-state index is -0.428. The van der Waals surface area contributed by atoms with Gasteiger partial charge < -0.3 is 11.1 Å². The molecule has 0 bridgehead atoms. The van der Waals surface area contributed by atoms with Crippen molar-refractivity contribution in [2.75, 3.05) is 0 Å². The summed E-state index contributed by atoms with van der Waals surface area (Å²) in [5.41, 5.74) is 6.50. The molecular formula is C14H21N3O. The molecule has 0 aromatic carbocycles. The normalized spacial score (nSPS) is 28.9. The number of carbonyl (C=O) groups is 1. The fourth-order valence-corrected chi connectivity index (χ4v) is 2.54. The molecule has 1 amide bonds. The zero-order valence-electron chi connectivity index (χ0n) is 11.0. The minimum absolute atomic E-state index is 0.0339. The van der Waals surface area contributed by atoms with Gasteiger partial charge >= 0.3 is 0 Å². The van der Waals surface area contributed by atoms with Crippen molar-refractivity contribution in [2.45, 2.75) is 45.2 Å². The molecule has 1 heterocycles. The molecule has 0 spiro atoms. The average Bonchev–Trinajstić information content (AvgIpc) is 2.72. The van der Waals surface area contributed by atoms with Crippen molar-refractivity contribution in [2.24, 2.45) is 11.1 Å². The van der Waals surface area contributed by atoms with E-state index in [0.717, 1.165) is 25.0 Å². The summed E-state index contributed by atoms with van der Waals surface area (Å²) >= 11 is 0. The van der Waals surface area contributed by atoms with Crippen LogP contribution in [0, 0.1) is 5.41 Å². The van der Waals surface area contributed by atoms with E-state index in [-0.39, 0.29) is 18.0 Å². The second kappa shape index (κ2) is 5.06. The van der Waals surface area contributed by atoms with E-state index < -0.39 is 5.41 Å². The molecule has 1 saturated carbocycles. The van der Waals surface area contributed by atoms with Crippen molar-refractivity contribution in [1.82, 2.24) is 10.3 Å². The lowest BCUT2D eigenvalue weighted by Crippen LogP contribution is -2.48. The lowest BCUT2D eigenvalue weighted by Gasteiger charge is -2.29. The Morgan fingerprint density at radius 2 is 2.39 bits per heavy atom. The summed E-state index contributed by atoms with van der Waals surface area (Å²) in [6.07, 6.45) is 4.57. The zero-order chi connectivity index (χ0) is 13.2. The van der Waals surface area contributed by atoms with Crippen LogP contribution in [0.15, 0.2) is 24.4 Å². The number of carbonyl (C=O) groups excluding carboxylic acids is 1. The molecule has 2 unspecified atom stereocenters. The molecule has 1 fully saturated rings. The molecule has 1 aromatic rings. The van der Waals surface area contributed by atoms with Crippen LogP contribution >= 0.6 is 0 Å². The highest BCUT2D eigenvalue weighted by molar-refractivity contribution is 5.83. The first-order valence-electron chi connectivity index (χ1n) is 6.51. The predicted octanol–water partition coefficient (Wildman–Crippen LogP) is 1.78. The summed E-state index contributed by atoms with van der Waals surface area (Å²) in [6, 6.07) is 5.60. The molecule has 0 radical (unpaired) electrons. The molecule has 3 atom stereocenters. The van der Waals surface area contributed by atoms with Gasteiger partial charge in [-0.2, -0.15) is 0 Å². The number of aromatic nitrogens is 1. The number of nitrogens with zero attached hydrogens (tertiary/aromatic N) is 1. The van der Waals surface area contributed by atoms with Crippen LogP contribution in [0.4, 0.5) is 0 Å². The maximum atomic E-state index is 12.3. The van der Waals surface area contributed by atoms with Crippen molar-refractivity contribution >= 4 is 5.91 Å². The Morgan fingerprint density at radius 3 is 2.94 bits per heavy atom. The van der Waals surface area contributed by atoms with Crippen LogP contribution in [0.2, 0.25) is 0 Å². The molecular weight excluding hydrogens is 226 g/mol. The predicted molar refractivity (Wildman–Crippen MR) is 70.7 cm³/mol. The van der Waals surface area contributed by atoms with Gasteiger partial charge in [0.2, 0.25) is 5.91 Å². The summed E-state index contributed by atoms with van der Waals surface area (Å²) in [6.45, 7) is 3.91. The third kappa shape index (κ3) is 2.38. The van der Waals surface area contributed by atoms with Gasteiger partial charge in [-0.15, -0.1) is 0 Å². The number of nitrogens with one attached hydrogen (secondary N) is 1. The summed E-state index contributed by atoms with van der Waals surface area (Å²) in [7, 11) is 0. The first kappa shape index (κ1) is 13.0. The molecule has 2 rings (SSSR count). The molecule has 4 heteroatoms. The van der Waals surface area contributed by atoms with Crippen LogP contribution < -0.4 is 11.1 Å². The van der Waals surface area contributed by atoms with E-state index in [9.17, 15) is 4.79 Å². The molecule has 1 aliphatic carbocycles. The lowest BCUT2D eigenvalue weighted by molar-refractivity contribution is -0.131. The van der Waals surface area contributed by atoms with Crippen molar-refractivity contribution in [3.63, 3.8) is 0 Å². The van der Waals surface area contributed by atoms with Crippen molar-refractivity contribution in [3.8, 4) is 0 Å². The summed E-state index contributed by atoms with van der Waals surface area (Å²) < 4.78 is 0. The van der Waals surface area contributed by atoms with Crippen LogP contribution in [0.1, 0.15) is 44.8 Å². The average molecular weight is 247 g/mol. The Bertz CT molecular complexity index is 420. The van der Waals surface area contributed by atoms with Gasteiger partial charge in [-0.1, -0.05) is 12.5 Å². The first-order valence-corrected chi connectivity index (χ1v) is 6.51. The fourth-order valence-electron chi connectivity index (χ4n) is 2.54. The van der Waals surface area contributed by atoms with Gasteiger partial charge in [-0.25, -0.2) is 0 Å². The van der Waals surface area contributed by atoms with Crippen molar-refractivity contribution in [3.05, 3.63) is 30.1 Å². The molecule has 0 saturated heterocycles. The summed E-state index contributed by atoms with van der Waals surface area (Å²) in [5, 5.41) is 3.03. The van der Waals surface area contributed by atoms with Gasteiger partial charge in [0, 0.05) is 12.2 Å². The van der Waals surface area contributed by atoms with Gasteiger partial charge in [0.1, 0.15) is 0 Å². The van der Waals surface area contributed by atoms with Gasteiger partial charge in [-0.05, 0) is 38.8 Å². The Labute approximate surface area is 108 Å². The molecule has 98 valence electrons. The van der Waals surface area contributed by atoms with Gasteiger partial charge in [0.15, 0.2) is 0 Å². The number of hydrogen-bond acceptors (Lipinski definition) is 3. The smallest absolute Gasteiger partial charge is 0.228 e. The van der Waals surface area contributed by atoms with Crippen LogP contribution in [-0.2, 0) is 4.79 Å². The number of hydrogen-bond donors (Lipinski definition) is 2. The van der Waals surface area contributed by atoms with E-state index >= 15 is 0 Å². The topological polar surface area (TPSA) is 68.0 Å². The summed E-state index contributed by atoms with van der Waals surface area (Å²) in [4.78, 5) is 16.6. The van der Waals surface area contributed by atoms with E-state index in [0.29, 0.717) is 0 Å². The SMILES string of the molecule is C[C@@H](NC(=O)C1(C)CCCC1N)c1ccccn1. The number of rotatable bonds is 3. The monoisotopic (exact) mass is 247 g/mol. The number of nitrogens with two attached hydrogens (primary N) is 1. The highest BCUT2D eigenvalue weighted by atomic mass is 16.2. The van der Waals surface area contributed by atoms with Gasteiger partial charge in [-0.3, -0.25) is 9.78 Å². The molecule has 0 aliphatic heterocycles. The van der Waals surface area contributed by atoms with Crippen molar-refractivity contribution < 1.29 is 4.79 Å². The maximum Gasteiger partial charge on any atom is 0.228 e. The lowest BCUT2D eigenvalue weighted by atomic mass is 9.84. The Hall–Kier alpha value is -1.42. The molecule has 1 aliphatic rings. The fraction of sp³-hybridized carbons (Fsp3) is 0.571. The van der Waals surface area contributed by atoms with Crippen LogP contribution in [0.5, 0.6) is 0 Å². The quantitative estimate of drug-likeness (QED) is 0.855. The maximum absolute atomic E-state index is 12.3. The number of amides is 1. The molecule has 18 heavy (non-hydrogen) atoms. The second-order valence-electron chi connectivity index (χ2n) is 5.37.